The third kappa shape index (κ3) is 2.83. The van der Waals surface area contributed by atoms with Gasteiger partial charge in [-0.25, -0.2) is 0 Å². The summed E-state index contributed by atoms with van der Waals surface area (Å²) in [5.41, 5.74) is 0. The molecule has 2 atom stereocenters. The number of hydrogen-bond donors (Lipinski definition) is 0. The number of fused-ring (bicyclic) bond motifs is 1. The van der Waals surface area contributed by atoms with E-state index in [9.17, 15) is 0 Å². The van der Waals surface area contributed by atoms with Crippen molar-refractivity contribution in [3.63, 3.8) is 0 Å². The molecule has 0 spiro atoms. The summed E-state index contributed by atoms with van der Waals surface area (Å²) in [6.45, 7) is 10.7. The Bertz CT molecular complexity index is 236. The topological polar surface area (TPSA) is 9.72 Å². The quantitative estimate of drug-likeness (QED) is 0.724. The molecule has 17 heavy (non-hydrogen) atoms. The van der Waals surface area contributed by atoms with E-state index in [2.05, 4.69) is 21.7 Å². The van der Waals surface area contributed by atoms with E-state index in [4.69, 9.17) is 0 Å². The molecule has 0 N–H and O–H groups in total. The Labute approximate surface area is 106 Å². The molecule has 3 rings (SSSR count). The van der Waals surface area contributed by atoms with Crippen LogP contribution in [0.15, 0.2) is 0 Å². The van der Waals surface area contributed by atoms with Gasteiger partial charge in [-0.1, -0.05) is 6.42 Å². The SMILES string of the molecule is CN1CC2CN(CCN3CCCCC3)CC2C1. The largest absolute Gasteiger partial charge is 0.306 e. The van der Waals surface area contributed by atoms with Crippen molar-refractivity contribution in [2.24, 2.45) is 11.8 Å². The Hall–Kier alpha value is -0.120. The van der Waals surface area contributed by atoms with E-state index in [1.165, 1.54) is 71.6 Å². The Morgan fingerprint density at radius 3 is 2.00 bits per heavy atom. The summed E-state index contributed by atoms with van der Waals surface area (Å²) in [7, 11) is 2.27. The van der Waals surface area contributed by atoms with Crippen molar-refractivity contribution < 1.29 is 0 Å². The summed E-state index contributed by atoms with van der Waals surface area (Å²) in [6, 6.07) is 0. The lowest BCUT2D eigenvalue weighted by molar-refractivity contribution is 0.187. The fourth-order valence-corrected chi connectivity index (χ4v) is 3.97. The third-order valence-electron chi connectivity index (χ3n) is 4.93. The van der Waals surface area contributed by atoms with E-state index >= 15 is 0 Å². The third-order valence-corrected chi connectivity index (χ3v) is 4.93. The Morgan fingerprint density at radius 1 is 0.765 bits per heavy atom. The van der Waals surface area contributed by atoms with E-state index in [1.807, 2.05) is 0 Å². The Kier molecular flexibility index (Phi) is 3.69. The number of likely N-dealkylation sites (tertiary alicyclic amines) is 3. The highest BCUT2D eigenvalue weighted by atomic mass is 15.2. The molecule has 3 aliphatic heterocycles. The van der Waals surface area contributed by atoms with Crippen LogP contribution in [-0.4, -0.2) is 74.1 Å². The van der Waals surface area contributed by atoms with E-state index in [0.29, 0.717) is 0 Å². The van der Waals surface area contributed by atoms with Crippen LogP contribution in [0.2, 0.25) is 0 Å². The van der Waals surface area contributed by atoms with E-state index in [0.717, 1.165) is 11.8 Å². The molecule has 0 radical (unpaired) electrons. The lowest BCUT2D eigenvalue weighted by Crippen LogP contribution is -2.38. The van der Waals surface area contributed by atoms with Crippen LogP contribution in [-0.2, 0) is 0 Å². The van der Waals surface area contributed by atoms with Crippen molar-refractivity contribution in [1.29, 1.82) is 0 Å². The molecule has 0 aliphatic carbocycles. The minimum Gasteiger partial charge on any atom is -0.306 e. The first-order chi connectivity index (χ1) is 8.31. The van der Waals surface area contributed by atoms with Crippen molar-refractivity contribution in [3.05, 3.63) is 0 Å². The second-order valence-corrected chi connectivity index (χ2v) is 6.40. The smallest absolute Gasteiger partial charge is 0.0110 e. The summed E-state index contributed by atoms with van der Waals surface area (Å²) in [5.74, 6) is 1.95. The highest BCUT2D eigenvalue weighted by molar-refractivity contribution is 4.92. The van der Waals surface area contributed by atoms with Crippen molar-refractivity contribution in [3.8, 4) is 0 Å². The maximum Gasteiger partial charge on any atom is 0.0110 e. The summed E-state index contributed by atoms with van der Waals surface area (Å²) in [6.07, 6.45) is 4.31. The molecule has 3 saturated heterocycles. The van der Waals surface area contributed by atoms with Gasteiger partial charge in [-0.15, -0.1) is 0 Å². The van der Waals surface area contributed by atoms with Gasteiger partial charge in [-0.3, -0.25) is 0 Å². The minimum atomic E-state index is 0.973. The van der Waals surface area contributed by atoms with Crippen molar-refractivity contribution in [2.75, 3.05) is 59.4 Å². The molecule has 0 aromatic rings. The lowest BCUT2D eigenvalue weighted by atomic mass is 10.0. The molecule has 98 valence electrons. The van der Waals surface area contributed by atoms with Crippen LogP contribution < -0.4 is 0 Å². The normalized spacial score (nSPS) is 36.5. The average molecular weight is 237 g/mol. The predicted octanol–water partition coefficient (Wildman–Crippen LogP) is 0.966. The number of hydrogen-bond acceptors (Lipinski definition) is 3. The van der Waals surface area contributed by atoms with Crippen LogP contribution >= 0.6 is 0 Å². The first-order valence-corrected chi connectivity index (χ1v) is 7.44. The zero-order chi connectivity index (χ0) is 11.7. The summed E-state index contributed by atoms with van der Waals surface area (Å²) < 4.78 is 0. The Morgan fingerprint density at radius 2 is 1.35 bits per heavy atom. The summed E-state index contributed by atoms with van der Waals surface area (Å²) in [4.78, 5) is 7.90. The molecule has 0 saturated carbocycles. The van der Waals surface area contributed by atoms with Gasteiger partial charge >= 0.3 is 0 Å². The molecule has 0 bridgehead atoms. The maximum atomic E-state index is 2.72. The van der Waals surface area contributed by atoms with Gasteiger partial charge in [-0.2, -0.15) is 0 Å². The molecular formula is C14H27N3. The monoisotopic (exact) mass is 237 g/mol. The number of nitrogens with zero attached hydrogens (tertiary/aromatic N) is 3. The zero-order valence-electron chi connectivity index (χ0n) is 11.3. The van der Waals surface area contributed by atoms with Gasteiger partial charge < -0.3 is 14.7 Å². The van der Waals surface area contributed by atoms with E-state index in [-0.39, 0.29) is 0 Å². The standard InChI is InChI=1S/C14H27N3/c1-15-9-13-11-17(12-14(13)10-15)8-7-16-5-3-2-4-6-16/h13-14H,2-12H2,1H3. The fraction of sp³-hybridized carbons (Fsp3) is 1.00. The molecular weight excluding hydrogens is 210 g/mol. The van der Waals surface area contributed by atoms with Gasteiger partial charge in [0.1, 0.15) is 0 Å². The van der Waals surface area contributed by atoms with Gasteiger partial charge in [0, 0.05) is 39.3 Å². The molecule has 3 nitrogen and oxygen atoms in total. The fourth-order valence-electron chi connectivity index (χ4n) is 3.97. The zero-order valence-corrected chi connectivity index (χ0v) is 11.3. The van der Waals surface area contributed by atoms with Crippen LogP contribution in [0.1, 0.15) is 19.3 Å². The molecule has 3 heteroatoms. The lowest BCUT2D eigenvalue weighted by Gasteiger charge is -2.28. The second kappa shape index (κ2) is 5.25. The Balaban J connectivity index is 1.39. The average Bonchev–Trinajstić information content (AvgIpc) is 2.84. The first-order valence-electron chi connectivity index (χ1n) is 7.44. The molecule has 0 aromatic carbocycles. The maximum absolute atomic E-state index is 2.72. The van der Waals surface area contributed by atoms with Gasteiger partial charge in [-0.05, 0) is 44.8 Å². The van der Waals surface area contributed by atoms with Gasteiger partial charge in [0.2, 0.25) is 0 Å². The van der Waals surface area contributed by atoms with E-state index < -0.39 is 0 Å². The minimum absolute atomic E-state index is 0.973. The van der Waals surface area contributed by atoms with Crippen molar-refractivity contribution >= 4 is 0 Å². The summed E-state index contributed by atoms with van der Waals surface area (Å²) >= 11 is 0. The van der Waals surface area contributed by atoms with Crippen LogP contribution in [0.4, 0.5) is 0 Å². The van der Waals surface area contributed by atoms with Crippen LogP contribution in [0.5, 0.6) is 0 Å². The molecule has 3 fully saturated rings. The summed E-state index contributed by atoms with van der Waals surface area (Å²) in [5, 5.41) is 0. The van der Waals surface area contributed by atoms with Crippen molar-refractivity contribution in [2.45, 2.75) is 19.3 Å². The molecule has 3 heterocycles. The second-order valence-electron chi connectivity index (χ2n) is 6.40. The number of piperidine rings is 1. The van der Waals surface area contributed by atoms with E-state index in [1.54, 1.807) is 0 Å². The number of rotatable bonds is 3. The molecule has 0 amide bonds. The van der Waals surface area contributed by atoms with Gasteiger partial charge in [0.05, 0.1) is 0 Å². The van der Waals surface area contributed by atoms with Gasteiger partial charge in [0.15, 0.2) is 0 Å². The molecule has 3 aliphatic rings. The van der Waals surface area contributed by atoms with Crippen LogP contribution in [0, 0.1) is 11.8 Å². The first kappa shape index (κ1) is 11.9. The predicted molar refractivity (Wildman–Crippen MR) is 71.2 cm³/mol. The highest BCUT2D eigenvalue weighted by Crippen LogP contribution is 2.29. The van der Waals surface area contributed by atoms with Crippen LogP contribution in [0.3, 0.4) is 0 Å². The highest BCUT2D eigenvalue weighted by Gasteiger charge is 2.38. The van der Waals surface area contributed by atoms with Crippen molar-refractivity contribution in [1.82, 2.24) is 14.7 Å². The molecule has 2 unspecified atom stereocenters. The van der Waals surface area contributed by atoms with Crippen LogP contribution in [0.25, 0.3) is 0 Å². The van der Waals surface area contributed by atoms with Gasteiger partial charge in [0.25, 0.3) is 0 Å². The molecule has 0 aromatic heterocycles.